The van der Waals surface area contributed by atoms with E-state index in [0.29, 0.717) is 24.1 Å². The molecule has 2 heterocycles. The van der Waals surface area contributed by atoms with Crippen LogP contribution in [-0.2, 0) is 9.53 Å². The van der Waals surface area contributed by atoms with Gasteiger partial charge in [-0.25, -0.2) is 0 Å². The van der Waals surface area contributed by atoms with Crippen molar-refractivity contribution >= 4 is 17.3 Å². The van der Waals surface area contributed by atoms with Crippen molar-refractivity contribution in [1.29, 1.82) is 0 Å². The Bertz CT molecular complexity index is 639. The Balaban J connectivity index is 1.50. The smallest absolute Gasteiger partial charge is 0.306 e. The van der Waals surface area contributed by atoms with Gasteiger partial charge in [-0.3, -0.25) is 9.78 Å². The van der Waals surface area contributed by atoms with Crippen LogP contribution in [0.3, 0.4) is 0 Å². The van der Waals surface area contributed by atoms with Crippen molar-refractivity contribution in [3.05, 3.63) is 17.6 Å². The second-order valence-electron chi connectivity index (χ2n) is 6.65. The van der Waals surface area contributed by atoms with Gasteiger partial charge in [-0.05, 0) is 39.5 Å². The summed E-state index contributed by atoms with van der Waals surface area (Å²) < 4.78 is 10.7. The van der Waals surface area contributed by atoms with E-state index >= 15 is 0 Å². The summed E-state index contributed by atoms with van der Waals surface area (Å²) in [7, 11) is 0. The minimum absolute atomic E-state index is 0.133. The van der Waals surface area contributed by atoms with Crippen molar-refractivity contribution in [2.75, 3.05) is 0 Å². The molecule has 0 bridgehead atoms. The van der Waals surface area contributed by atoms with Gasteiger partial charge in [0.25, 0.3) is 0 Å². The number of hydrogen-bond acceptors (Lipinski definition) is 7. The first kappa shape index (κ1) is 15.1. The summed E-state index contributed by atoms with van der Waals surface area (Å²) >= 11 is 1.48. The first-order valence-electron chi connectivity index (χ1n) is 7.35. The molecule has 0 unspecified atom stereocenters. The summed E-state index contributed by atoms with van der Waals surface area (Å²) in [6.45, 7) is 5.65. The molecule has 0 radical (unpaired) electrons. The number of carbonyl (C=O) groups excluding carboxylic acids is 1. The van der Waals surface area contributed by atoms with Gasteiger partial charge in [0.05, 0.1) is 10.4 Å². The maximum Gasteiger partial charge on any atom is 0.306 e. The Labute approximate surface area is 132 Å². The summed E-state index contributed by atoms with van der Waals surface area (Å²) in [4.78, 5) is 21.1. The molecule has 7 heteroatoms. The maximum atomic E-state index is 11.8. The number of nitrogens with zero attached hydrogens (tertiary/aromatic N) is 3. The van der Waals surface area contributed by atoms with Crippen molar-refractivity contribution in [3.8, 4) is 10.7 Å². The van der Waals surface area contributed by atoms with Gasteiger partial charge in [-0.1, -0.05) is 5.16 Å². The van der Waals surface area contributed by atoms with Crippen molar-refractivity contribution in [2.24, 2.45) is 5.92 Å². The van der Waals surface area contributed by atoms with E-state index in [1.54, 1.807) is 11.7 Å². The quantitative estimate of drug-likeness (QED) is 0.803. The van der Waals surface area contributed by atoms with Crippen molar-refractivity contribution in [2.45, 2.75) is 51.6 Å². The zero-order valence-corrected chi connectivity index (χ0v) is 13.7. The maximum absolute atomic E-state index is 11.8. The highest BCUT2D eigenvalue weighted by Crippen LogP contribution is 2.43. The summed E-state index contributed by atoms with van der Waals surface area (Å²) in [6, 6.07) is 0. The molecule has 0 aromatic carbocycles. The van der Waals surface area contributed by atoms with E-state index in [0.717, 1.165) is 17.7 Å². The largest absolute Gasteiger partial charge is 0.460 e. The summed E-state index contributed by atoms with van der Waals surface area (Å²) in [5, 5.41) is 3.99. The van der Waals surface area contributed by atoms with Crippen molar-refractivity contribution < 1.29 is 14.1 Å². The van der Waals surface area contributed by atoms with Gasteiger partial charge in [-0.2, -0.15) is 4.98 Å². The van der Waals surface area contributed by atoms with Crippen LogP contribution in [0.5, 0.6) is 0 Å². The number of ether oxygens (including phenoxy) is 1. The SMILES string of the molecule is CC(C)(C)OC(=O)CC1CC(c2nc(-c3cncs3)no2)C1. The lowest BCUT2D eigenvalue weighted by molar-refractivity contribution is -0.156. The van der Waals surface area contributed by atoms with Crippen molar-refractivity contribution in [3.63, 3.8) is 0 Å². The summed E-state index contributed by atoms with van der Waals surface area (Å²) in [6.07, 6.45) is 3.97. The monoisotopic (exact) mass is 321 g/mol. The van der Waals surface area contributed by atoms with Gasteiger partial charge in [0.1, 0.15) is 5.60 Å². The average Bonchev–Trinajstić information content (AvgIpc) is 3.01. The summed E-state index contributed by atoms with van der Waals surface area (Å²) in [5.41, 5.74) is 1.32. The van der Waals surface area contributed by atoms with Crippen LogP contribution in [0.15, 0.2) is 16.2 Å². The highest BCUT2D eigenvalue weighted by atomic mass is 32.1. The fourth-order valence-electron chi connectivity index (χ4n) is 2.55. The van der Waals surface area contributed by atoms with Gasteiger partial charge in [0.2, 0.25) is 11.7 Å². The molecule has 1 saturated carbocycles. The van der Waals surface area contributed by atoms with E-state index in [9.17, 15) is 4.79 Å². The molecule has 0 amide bonds. The number of thiazole rings is 1. The second-order valence-corrected chi connectivity index (χ2v) is 7.53. The predicted octanol–water partition coefficient (Wildman–Crippen LogP) is 3.42. The van der Waals surface area contributed by atoms with E-state index in [1.165, 1.54) is 11.3 Å². The number of rotatable bonds is 4. The van der Waals surface area contributed by atoms with Gasteiger partial charge in [-0.15, -0.1) is 11.3 Å². The molecule has 2 aromatic heterocycles. The molecular formula is C15H19N3O3S. The molecule has 3 rings (SSSR count). The average molecular weight is 321 g/mol. The topological polar surface area (TPSA) is 78.1 Å². The van der Waals surface area contributed by atoms with Crippen LogP contribution in [0.2, 0.25) is 0 Å². The molecule has 0 spiro atoms. The van der Waals surface area contributed by atoms with Crippen LogP contribution in [0.25, 0.3) is 10.7 Å². The third-order valence-corrected chi connectivity index (χ3v) is 4.32. The predicted molar refractivity (Wildman–Crippen MR) is 81.3 cm³/mol. The number of hydrogen-bond donors (Lipinski definition) is 0. The molecule has 1 aliphatic carbocycles. The van der Waals surface area contributed by atoms with Crippen LogP contribution in [0, 0.1) is 5.92 Å². The van der Waals surface area contributed by atoms with Gasteiger partial charge < -0.3 is 9.26 Å². The van der Waals surface area contributed by atoms with Crippen LogP contribution >= 0.6 is 11.3 Å². The van der Waals surface area contributed by atoms with Gasteiger partial charge in [0, 0.05) is 18.5 Å². The molecule has 1 aliphatic rings. The first-order chi connectivity index (χ1) is 10.4. The van der Waals surface area contributed by atoms with E-state index in [1.807, 2.05) is 20.8 Å². The van der Waals surface area contributed by atoms with E-state index in [2.05, 4.69) is 15.1 Å². The Morgan fingerprint density at radius 1 is 1.45 bits per heavy atom. The Kier molecular flexibility index (Phi) is 3.99. The van der Waals surface area contributed by atoms with Gasteiger partial charge in [0.15, 0.2) is 0 Å². The highest BCUT2D eigenvalue weighted by Gasteiger charge is 2.36. The minimum atomic E-state index is -0.420. The highest BCUT2D eigenvalue weighted by molar-refractivity contribution is 7.13. The Hall–Kier alpha value is -1.76. The fraction of sp³-hybridized carbons (Fsp3) is 0.600. The molecule has 0 aliphatic heterocycles. The minimum Gasteiger partial charge on any atom is -0.460 e. The molecule has 6 nitrogen and oxygen atoms in total. The summed E-state index contributed by atoms with van der Waals surface area (Å²) in [5.74, 6) is 1.71. The molecule has 0 saturated heterocycles. The molecule has 22 heavy (non-hydrogen) atoms. The molecule has 0 atom stereocenters. The Morgan fingerprint density at radius 2 is 2.23 bits per heavy atom. The van der Waals surface area contributed by atoms with Crippen LogP contribution < -0.4 is 0 Å². The number of carbonyl (C=O) groups is 1. The molecule has 118 valence electrons. The third kappa shape index (κ3) is 3.52. The lowest BCUT2D eigenvalue weighted by Crippen LogP contribution is -2.29. The molecule has 1 fully saturated rings. The van der Waals surface area contributed by atoms with Crippen molar-refractivity contribution in [1.82, 2.24) is 15.1 Å². The number of aromatic nitrogens is 3. The molecule has 0 N–H and O–H groups in total. The molecular weight excluding hydrogens is 302 g/mol. The molecule has 2 aromatic rings. The van der Waals surface area contributed by atoms with Crippen LogP contribution in [0.4, 0.5) is 0 Å². The second kappa shape index (κ2) is 5.79. The normalized spacial score (nSPS) is 21.4. The fourth-order valence-corrected chi connectivity index (χ4v) is 3.10. The van der Waals surface area contributed by atoms with E-state index < -0.39 is 5.60 Å². The zero-order chi connectivity index (χ0) is 15.7. The zero-order valence-electron chi connectivity index (χ0n) is 12.9. The van der Waals surface area contributed by atoms with Gasteiger partial charge >= 0.3 is 5.97 Å². The van der Waals surface area contributed by atoms with E-state index in [-0.39, 0.29) is 11.9 Å². The van der Waals surface area contributed by atoms with Crippen LogP contribution in [0.1, 0.15) is 51.8 Å². The Morgan fingerprint density at radius 3 is 2.86 bits per heavy atom. The third-order valence-electron chi connectivity index (χ3n) is 3.55. The lowest BCUT2D eigenvalue weighted by Gasteiger charge is -2.32. The number of esters is 1. The van der Waals surface area contributed by atoms with E-state index in [4.69, 9.17) is 9.26 Å². The standard InChI is InChI=1S/C15H19N3O3S/c1-15(2,3)20-12(19)6-9-4-10(5-9)14-17-13(18-21-14)11-7-16-8-22-11/h7-10H,4-6H2,1-3H3. The first-order valence-corrected chi connectivity index (χ1v) is 8.23. The lowest BCUT2D eigenvalue weighted by atomic mass is 9.73. The van der Waals surface area contributed by atoms with Crippen LogP contribution in [-0.4, -0.2) is 26.7 Å².